The third-order valence-corrected chi connectivity index (χ3v) is 4.07. The average molecular weight is 278 g/mol. The third kappa shape index (κ3) is 2.58. The van der Waals surface area contributed by atoms with Crippen molar-refractivity contribution in [2.45, 2.75) is 32.4 Å². The number of halogens is 1. The number of nitrogens with zero attached hydrogens (tertiary/aromatic N) is 1. The molecule has 1 heterocycles. The van der Waals surface area contributed by atoms with Crippen LogP contribution in [0.3, 0.4) is 0 Å². The largest absolute Gasteiger partial charge is 0.456 e. The Morgan fingerprint density at radius 2 is 2.05 bits per heavy atom. The van der Waals surface area contributed by atoms with Gasteiger partial charge in [-0.1, -0.05) is 19.1 Å². The van der Waals surface area contributed by atoms with E-state index in [0.717, 1.165) is 17.7 Å². The zero-order valence-electron chi connectivity index (χ0n) is 12.8. The predicted molar refractivity (Wildman–Crippen MR) is 80.4 cm³/mol. The van der Waals surface area contributed by atoms with Crippen LogP contribution in [0.4, 0.5) is 4.39 Å². The first kappa shape index (κ1) is 15.0. The second kappa shape index (κ2) is 5.54. The molecule has 4 heteroatoms. The first-order valence-corrected chi connectivity index (χ1v) is 6.96. The van der Waals surface area contributed by atoms with Gasteiger partial charge in [-0.15, -0.1) is 0 Å². The summed E-state index contributed by atoms with van der Waals surface area (Å²) in [4.78, 5) is 2.14. The number of para-hydroxylation sites is 1. The van der Waals surface area contributed by atoms with Gasteiger partial charge in [0.2, 0.25) is 0 Å². The van der Waals surface area contributed by atoms with E-state index in [-0.39, 0.29) is 17.4 Å². The number of nitrogens with one attached hydrogen (secondary N) is 1. The lowest BCUT2D eigenvalue weighted by molar-refractivity contribution is 0.127. The van der Waals surface area contributed by atoms with Crippen molar-refractivity contribution in [1.29, 1.82) is 0 Å². The Kier molecular flexibility index (Phi) is 4.16. The first-order chi connectivity index (χ1) is 9.37. The Morgan fingerprint density at radius 1 is 1.35 bits per heavy atom. The van der Waals surface area contributed by atoms with Gasteiger partial charge in [-0.25, -0.2) is 4.39 Å². The molecule has 0 aliphatic rings. The molecular weight excluding hydrogens is 255 g/mol. The number of hydrogen-bond acceptors (Lipinski definition) is 3. The van der Waals surface area contributed by atoms with E-state index in [0.29, 0.717) is 5.58 Å². The van der Waals surface area contributed by atoms with E-state index in [2.05, 4.69) is 31.0 Å². The van der Waals surface area contributed by atoms with Crippen LogP contribution < -0.4 is 5.32 Å². The standard InChI is InChI=1S/C16H23FN2O/c1-6-18-15(16(2,3)19(4)5)13-10-11-8-7-9-12(17)14(11)20-13/h7-10,15,18H,6H2,1-5H3. The first-order valence-electron chi connectivity index (χ1n) is 6.96. The van der Waals surface area contributed by atoms with Gasteiger partial charge in [0, 0.05) is 10.9 Å². The van der Waals surface area contributed by atoms with E-state index in [1.54, 1.807) is 6.07 Å². The van der Waals surface area contributed by atoms with Gasteiger partial charge in [0.1, 0.15) is 5.76 Å². The number of furan rings is 1. The molecule has 0 aliphatic carbocycles. The molecule has 110 valence electrons. The molecule has 3 nitrogen and oxygen atoms in total. The highest BCUT2D eigenvalue weighted by molar-refractivity contribution is 5.78. The summed E-state index contributed by atoms with van der Waals surface area (Å²) < 4.78 is 19.6. The number of rotatable bonds is 5. The van der Waals surface area contributed by atoms with Crippen molar-refractivity contribution < 1.29 is 8.81 Å². The van der Waals surface area contributed by atoms with Crippen LogP contribution in [0.2, 0.25) is 0 Å². The van der Waals surface area contributed by atoms with Gasteiger partial charge in [0.15, 0.2) is 11.4 Å². The van der Waals surface area contributed by atoms with Crippen LogP contribution in [0, 0.1) is 5.82 Å². The normalized spacial score (nSPS) is 14.2. The molecule has 2 rings (SSSR count). The molecule has 1 aromatic heterocycles. The Labute approximate surface area is 119 Å². The maximum Gasteiger partial charge on any atom is 0.169 e. The zero-order valence-corrected chi connectivity index (χ0v) is 12.8. The molecule has 0 amide bonds. The molecule has 0 spiro atoms. The minimum atomic E-state index is -0.313. The van der Waals surface area contributed by atoms with Gasteiger partial charge in [-0.3, -0.25) is 0 Å². The van der Waals surface area contributed by atoms with Crippen LogP contribution in [-0.4, -0.2) is 31.1 Å². The van der Waals surface area contributed by atoms with Gasteiger partial charge in [-0.05, 0) is 46.6 Å². The zero-order chi connectivity index (χ0) is 14.9. The van der Waals surface area contributed by atoms with E-state index < -0.39 is 0 Å². The van der Waals surface area contributed by atoms with Crippen molar-refractivity contribution in [2.75, 3.05) is 20.6 Å². The maximum atomic E-state index is 13.8. The highest BCUT2D eigenvalue weighted by atomic mass is 19.1. The summed E-state index contributed by atoms with van der Waals surface area (Å²) >= 11 is 0. The van der Waals surface area contributed by atoms with E-state index >= 15 is 0 Å². The Morgan fingerprint density at radius 3 is 2.60 bits per heavy atom. The minimum Gasteiger partial charge on any atom is -0.456 e. The summed E-state index contributed by atoms with van der Waals surface area (Å²) in [5, 5.41) is 4.25. The molecule has 0 fully saturated rings. The number of fused-ring (bicyclic) bond motifs is 1. The molecule has 0 aliphatic heterocycles. The Balaban J connectivity index is 2.49. The van der Waals surface area contributed by atoms with Crippen LogP contribution >= 0.6 is 0 Å². The summed E-state index contributed by atoms with van der Waals surface area (Å²) in [5.41, 5.74) is 0.181. The summed E-state index contributed by atoms with van der Waals surface area (Å²) in [6, 6.07) is 6.92. The van der Waals surface area contributed by atoms with Gasteiger partial charge >= 0.3 is 0 Å². The highest BCUT2D eigenvalue weighted by Gasteiger charge is 2.34. The molecule has 0 saturated carbocycles. The predicted octanol–water partition coefficient (Wildman–Crippen LogP) is 3.56. The van der Waals surface area contributed by atoms with Crippen LogP contribution in [0.5, 0.6) is 0 Å². The lowest BCUT2D eigenvalue weighted by Gasteiger charge is -2.39. The summed E-state index contributed by atoms with van der Waals surface area (Å²) in [7, 11) is 4.07. The topological polar surface area (TPSA) is 28.4 Å². The quantitative estimate of drug-likeness (QED) is 0.906. The van der Waals surface area contributed by atoms with Crippen LogP contribution in [0.25, 0.3) is 11.0 Å². The molecule has 1 N–H and O–H groups in total. The Hall–Kier alpha value is -1.39. The highest BCUT2D eigenvalue weighted by Crippen LogP contribution is 2.33. The van der Waals surface area contributed by atoms with E-state index in [1.807, 2.05) is 26.2 Å². The molecule has 1 aromatic carbocycles. The van der Waals surface area contributed by atoms with Crippen molar-refractivity contribution in [3.8, 4) is 0 Å². The second-order valence-corrected chi connectivity index (χ2v) is 5.85. The van der Waals surface area contributed by atoms with Crippen molar-refractivity contribution in [3.05, 3.63) is 35.8 Å². The van der Waals surface area contributed by atoms with Crippen molar-refractivity contribution in [2.24, 2.45) is 0 Å². The van der Waals surface area contributed by atoms with Crippen molar-refractivity contribution in [3.63, 3.8) is 0 Å². The smallest absolute Gasteiger partial charge is 0.169 e. The van der Waals surface area contributed by atoms with Gasteiger partial charge in [-0.2, -0.15) is 0 Å². The van der Waals surface area contributed by atoms with E-state index in [4.69, 9.17) is 4.42 Å². The summed E-state index contributed by atoms with van der Waals surface area (Å²) in [6.07, 6.45) is 0. The average Bonchev–Trinajstić information content (AvgIpc) is 2.80. The van der Waals surface area contributed by atoms with Gasteiger partial charge in [0.25, 0.3) is 0 Å². The third-order valence-electron chi connectivity index (χ3n) is 4.07. The molecule has 1 atom stereocenters. The van der Waals surface area contributed by atoms with Crippen LogP contribution in [0.15, 0.2) is 28.7 Å². The molecule has 0 saturated heterocycles. The second-order valence-electron chi connectivity index (χ2n) is 5.85. The van der Waals surface area contributed by atoms with Crippen molar-refractivity contribution in [1.82, 2.24) is 10.2 Å². The van der Waals surface area contributed by atoms with E-state index in [1.165, 1.54) is 6.07 Å². The maximum absolute atomic E-state index is 13.8. The SMILES string of the molecule is CCNC(c1cc2cccc(F)c2o1)C(C)(C)N(C)C. The molecule has 1 unspecified atom stereocenters. The lowest BCUT2D eigenvalue weighted by Crippen LogP contribution is -2.49. The molecule has 20 heavy (non-hydrogen) atoms. The number of benzene rings is 1. The van der Waals surface area contributed by atoms with Crippen LogP contribution in [0.1, 0.15) is 32.6 Å². The van der Waals surface area contributed by atoms with Crippen molar-refractivity contribution >= 4 is 11.0 Å². The summed E-state index contributed by atoms with van der Waals surface area (Å²) in [5.74, 6) is 0.456. The summed E-state index contributed by atoms with van der Waals surface area (Å²) in [6.45, 7) is 7.16. The fourth-order valence-electron chi connectivity index (χ4n) is 2.35. The van der Waals surface area contributed by atoms with Gasteiger partial charge < -0.3 is 14.6 Å². The Bertz CT molecular complexity index is 589. The van der Waals surface area contributed by atoms with Crippen LogP contribution in [-0.2, 0) is 0 Å². The van der Waals surface area contributed by atoms with E-state index in [9.17, 15) is 4.39 Å². The molecule has 2 aromatic rings. The number of hydrogen-bond donors (Lipinski definition) is 1. The fraction of sp³-hybridized carbons (Fsp3) is 0.500. The fourth-order valence-corrected chi connectivity index (χ4v) is 2.35. The monoisotopic (exact) mass is 278 g/mol. The minimum absolute atomic E-state index is 0.00528. The molecular formula is C16H23FN2O. The molecule has 0 bridgehead atoms. The lowest BCUT2D eigenvalue weighted by atomic mass is 9.91. The number of likely N-dealkylation sites (N-methyl/N-ethyl adjacent to an activating group) is 2. The molecule has 0 radical (unpaired) electrons. The van der Waals surface area contributed by atoms with Gasteiger partial charge in [0.05, 0.1) is 6.04 Å².